The van der Waals surface area contributed by atoms with Crippen molar-refractivity contribution in [3.63, 3.8) is 0 Å². The minimum Gasteiger partial charge on any atom is -0.0991 e. The molecular weight excluding hydrogens is 480 g/mol. The summed E-state index contributed by atoms with van der Waals surface area (Å²) in [5.41, 5.74) is 10.9. The Kier molecular flexibility index (Phi) is 22.8. The Morgan fingerprint density at radius 1 is 0.800 bits per heavy atom. The smallest absolute Gasteiger partial charge is 0.0140 e. The average molecular weight is 539 g/mol. The van der Waals surface area contributed by atoms with Crippen LogP contribution >= 0.6 is 0 Å². The van der Waals surface area contributed by atoms with Gasteiger partial charge in [0.05, 0.1) is 0 Å². The van der Waals surface area contributed by atoms with E-state index >= 15 is 0 Å². The third-order valence-electron chi connectivity index (χ3n) is 6.62. The fourth-order valence-electron chi connectivity index (χ4n) is 3.70. The largest absolute Gasteiger partial charge is 0.0991 e. The summed E-state index contributed by atoms with van der Waals surface area (Å²) in [4.78, 5) is 0. The Balaban J connectivity index is 0. The van der Waals surface area contributed by atoms with E-state index in [0.29, 0.717) is 5.92 Å². The van der Waals surface area contributed by atoms with Gasteiger partial charge in [-0.2, -0.15) is 0 Å². The van der Waals surface area contributed by atoms with Crippen LogP contribution in [0.2, 0.25) is 0 Å². The highest BCUT2D eigenvalue weighted by atomic mass is 14.2. The Morgan fingerprint density at radius 2 is 1.40 bits per heavy atom. The van der Waals surface area contributed by atoms with Crippen LogP contribution in [0.4, 0.5) is 0 Å². The number of rotatable bonds is 7. The van der Waals surface area contributed by atoms with Crippen LogP contribution in [0.1, 0.15) is 98.3 Å². The van der Waals surface area contributed by atoms with Crippen LogP contribution in [0.15, 0.2) is 115 Å². The minimum absolute atomic E-state index is 0. The number of hydrogen-bond acceptors (Lipinski definition) is 0. The van der Waals surface area contributed by atoms with Crippen LogP contribution in [0.25, 0.3) is 22.3 Å². The average Bonchev–Trinajstić information content (AvgIpc) is 2.98. The van der Waals surface area contributed by atoms with Gasteiger partial charge in [-0.1, -0.05) is 157 Å². The summed E-state index contributed by atoms with van der Waals surface area (Å²) in [5, 5.41) is 0. The van der Waals surface area contributed by atoms with Crippen molar-refractivity contribution in [3.05, 3.63) is 132 Å². The highest BCUT2D eigenvalue weighted by Gasteiger charge is 2.13. The van der Waals surface area contributed by atoms with E-state index in [0.717, 1.165) is 6.42 Å². The van der Waals surface area contributed by atoms with E-state index in [2.05, 4.69) is 128 Å². The zero-order valence-corrected chi connectivity index (χ0v) is 26.5. The van der Waals surface area contributed by atoms with E-state index in [1.807, 2.05) is 45.1 Å². The SMILES string of the molecule is C.C/C=C(\C)CC.C=C/C=C\C=C/C.CC.CCC(C)c1ccc(-c2ccc(C)cc2)cc1-c1ccccc1C. The number of hydrogen-bond donors (Lipinski definition) is 0. The molecule has 0 aliphatic rings. The van der Waals surface area contributed by atoms with Gasteiger partial charge in [0.2, 0.25) is 0 Å². The second-order valence-electron chi connectivity index (χ2n) is 9.43. The van der Waals surface area contributed by atoms with Crippen LogP contribution < -0.4 is 0 Å². The van der Waals surface area contributed by atoms with Crippen molar-refractivity contribution in [1.29, 1.82) is 0 Å². The minimum atomic E-state index is 0. The van der Waals surface area contributed by atoms with Crippen LogP contribution in [-0.2, 0) is 0 Å². The Labute approximate surface area is 249 Å². The van der Waals surface area contributed by atoms with Gasteiger partial charge in [-0.25, -0.2) is 0 Å². The summed E-state index contributed by atoms with van der Waals surface area (Å²) in [5.74, 6) is 0.562. The van der Waals surface area contributed by atoms with Gasteiger partial charge in [-0.05, 0) is 92.8 Å². The van der Waals surface area contributed by atoms with Gasteiger partial charge in [0.1, 0.15) is 0 Å². The Bertz CT molecular complexity index is 1150. The summed E-state index contributed by atoms with van der Waals surface area (Å²) in [7, 11) is 0. The van der Waals surface area contributed by atoms with Gasteiger partial charge in [0.25, 0.3) is 0 Å². The molecule has 3 aromatic carbocycles. The predicted molar refractivity (Wildman–Crippen MR) is 187 cm³/mol. The summed E-state index contributed by atoms with van der Waals surface area (Å²) >= 11 is 0. The summed E-state index contributed by atoms with van der Waals surface area (Å²) in [6.07, 6.45) is 14.0. The maximum absolute atomic E-state index is 3.51. The first kappa shape index (κ1) is 38.8. The molecule has 0 saturated carbocycles. The van der Waals surface area contributed by atoms with Crippen molar-refractivity contribution < 1.29 is 0 Å². The molecule has 0 aliphatic carbocycles. The predicted octanol–water partition coefficient (Wildman–Crippen LogP) is 13.5. The maximum atomic E-state index is 3.51. The monoisotopic (exact) mass is 538 g/mol. The zero-order chi connectivity index (χ0) is 29.6. The molecule has 0 bridgehead atoms. The first-order valence-electron chi connectivity index (χ1n) is 14.6. The quantitative estimate of drug-likeness (QED) is 0.207. The van der Waals surface area contributed by atoms with Crippen LogP contribution in [0, 0.1) is 13.8 Å². The molecule has 40 heavy (non-hydrogen) atoms. The molecule has 0 fully saturated rings. The van der Waals surface area contributed by atoms with Crippen LogP contribution in [0.3, 0.4) is 0 Å². The van der Waals surface area contributed by atoms with Gasteiger partial charge in [0, 0.05) is 0 Å². The van der Waals surface area contributed by atoms with E-state index in [4.69, 9.17) is 0 Å². The topological polar surface area (TPSA) is 0 Å². The molecule has 3 rings (SSSR count). The first-order chi connectivity index (χ1) is 18.8. The molecular formula is C40H58. The van der Waals surface area contributed by atoms with E-state index < -0.39 is 0 Å². The highest BCUT2D eigenvalue weighted by molar-refractivity contribution is 5.77. The van der Waals surface area contributed by atoms with Gasteiger partial charge >= 0.3 is 0 Å². The molecule has 0 aromatic heterocycles. The van der Waals surface area contributed by atoms with E-state index in [-0.39, 0.29) is 7.43 Å². The van der Waals surface area contributed by atoms with Crippen molar-refractivity contribution in [2.75, 3.05) is 0 Å². The van der Waals surface area contributed by atoms with E-state index in [9.17, 15) is 0 Å². The molecule has 0 nitrogen and oxygen atoms in total. The first-order valence-corrected chi connectivity index (χ1v) is 14.6. The molecule has 0 N–H and O–H groups in total. The lowest BCUT2D eigenvalue weighted by molar-refractivity contribution is 0.735. The molecule has 0 spiro atoms. The number of allylic oxidation sites excluding steroid dienone is 7. The van der Waals surface area contributed by atoms with Crippen LogP contribution in [0.5, 0.6) is 0 Å². The van der Waals surface area contributed by atoms with Gasteiger partial charge in [0.15, 0.2) is 0 Å². The number of benzene rings is 3. The zero-order valence-electron chi connectivity index (χ0n) is 26.5. The van der Waals surface area contributed by atoms with Crippen molar-refractivity contribution in [2.24, 2.45) is 0 Å². The molecule has 0 heteroatoms. The molecule has 0 aliphatic heterocycles. The second kappa shape index (κ2) is 23.5. The Hall–Kier alpha value is -3.38. The maximum Gasteiger partial charge on any atom is -0.0140 e. The second-order valence-corrected chi connectivity index (χ2v) is 9.43. The third-order valence-corrected chi connectivity index (χ3v) is 6.62. The standard InChI is InChI=1S/C24H26.C7H10.C6H12.C2H6.CH4/c1-5-18(3)23-15-14-21(20-12-10-17(2)11-13-20)16-24(23)22-9-7-6-8-19(22)4;1-3-5-7-6-4-2;1-4-6(3)5-2;1-2;/h6-16,18H,5H2,1-4H3;3-7H,1H2,2H3;4H,5H2,1-3H3;1-2H3;1H4/b;6-4-,7-5-;6-4+;;. The fraction of sp³-hybridized carbons (Fsp3) is 0.350. The fourth-order valence-corrected chi connectivity index (χ4v) is 3.70. The highest BCUT2D eigenvalue weighted by Crippen LogP contribution is 2.36. The molecule has 0 saturated heterocycles. The van der Waals surface area contributed by atoms with Gasteiger partial charge in [-0.15, -0.1) is 0 Å². The lowest BCUT2D eigenvalue weighted by atomic mass is 9.86. The molecule has 218 valence electrons. The number of aryl methyl sites for hydroxylation is 2. The molecule has 1 atom stereocenters. The van der Waals surface area contributed by atoms with Crippen molar-refractivity contribution >= 4 is 0 Å². The van der Waals surface area contributed by atoms with E-state index in [1.54, 1.807) is 6.08 Å². The summed E-state index contributed by atoms with van der Waals surface area (Å²) in [6.45, 7) is 24.8. The lowest BCUT2D eigenvalue weighted by Crippen LogP contribution is -1.97. The Morgan fingerprint density at radius 3 is 1.88 bits per heavy atom. The van der Waals surface area contributed by atoms with Crippen molar-refractivity contribution in [1.82, 2.24) is 0 Å². The van der Waals surface area contributed by atoms with E-state index in [1.165, 1.54) is 50.9 Å². The van der Waals surface area contributed by atoms with Crippen molar-refractivity contribution in [3.8, 4) is 22.3 Å². The molecule has 0 amide bonds. The normalized spacial score (nSPS) is 11.2. The van der Waals surface area contributed by atoms with Gasteiger partial charge < -0.3 is 0 Å². The summed E-state index contributed by atoms with van der Waals surface area (Å²) in [6, 6.07) is 24.5. The summed E-state index contributed by atoms with van der Waals surface area (Å²) < 4.78 is 0. The third kappa shape index (κ3) is 14.1. The van der Waals surface area contributed by atoms with Crippen LogP contribution in [-0.4, -0.2) is 0 Å². The van der Waals surface area contributed by atoms with Gasteiger partial charge in [-0.3, -0.25) is 0 Å². The molecule has 3 aromatic rings. The molecule has 1 unspecified atom stereocenters. The lowest BCUT2D eigenvalue weighted by Gasteiger charge is -2.18. The molecule has 0 heterocycles. The van der Waals surface area contributed by atoms with Crippen molar-refractivity contribution in [2.45, 2.75) is 95.4 Å². The molecule has 0 radical (unpaired) electrons.